The van der Waals surface area contributed by atoms with Crippen LogP contribution in [0, 0.1) is 5.92 Å². The van der Waals surface area contributed by atoms with Gasteiger partial charge in [-0.05, 0) is 32.1 Å². The molecule has 3 rings (SSSR count). The van der Waals surface area contributed by atoms with Crippen molar-refractivity contribution in [1.29, 1.82) is 0 Å². The van der Waals surface area contributed by atoms with Gasteiger partial charge >= 0.3 is 6.03 Å². The molecule has 2 heterocycles. The fourth-order valence-electron chi connectivity index (χ4n) is 4.52. The number of hydrogen-bond acceptors (Lipinski definition) is 5. The Balaban J connectivity index is 1.72. The van der Waals surface area contributed by atoms with Gasteiger partial charge in [-0.1, -0.05) is 19.8 Å². The van der Waals surface area contributed by atoms with E-state index in [-0.39, 0.29) is 41.8 Å². The van der Waals surface area contributed by atoms with Crippen LogP contribution in [0.25, 0.3) is 0 Å². The maximum absolute atomic E-state index is 12.9. The first kappa shape index (κ1) is 19.1. The zero-order valence-electron chi connectivity index (χ0n) is 15.4. The van der Waals surface area contributed by atoms with E-state index in [0.717, 1.165) is 24.2 Å². The predicted octanol–water partition coefficient (Wildman–Crippen LogP) is 0.523. The summed E-state index contributed by atoms with van der Waals surface area (Å²) in [7, 11) is -3.12. The Kier molecular flexibility index (Phi) is 5.02. The number of imide groups is 1. The summed E-state index contributed by atoms with van der Waals surface area (Å²) in [5.74, 6) is -0.634. The van der Waals surface area contributed by atoms with Crippen molar-refractivity contribution in [3.63, 3.8) is 0 Å². The highest BCUT2D eigenvalue weighted by Crippen LogP contribution is 2.38. The summed E-state index contributed by atoms with van der Waals surface area (Å²) >= 11 is 0. The molecular weight excluding hydrogens is 358 g/mol. The lowest BCUT2D eigenvalue weighted by Crippen LogP contribution is -2.54. The van der Waals surface area contributed by atoms with Gasteiger partial charge in [-0.3, -0.25) is 14.5 Å². The molecule has 9 heteroatoms. The molecule has 3 atom stereocenters. The third-order valence-electron chi connectivity index (χ3n) is 6.11. The number of sulfone groups is 1. The third kappa shape index (κ3) is 3.21. The fraction of sp³-hybridized carbons (Fsp3) is 0.824. The average molecular weight is 385 g/mol. The molecule has 2 saturated heterocycles. The van der Waals surface area contributed by atoms with Crippen molar-refractivity contribution in [3.05, 3.63) is 0 Å². The van der Waals surface area contributed by atoms with Crippen molar-refractivity contribution in [1.82, 2.24) is 15.1 Å². The number of carbonyl (C=O) groups is 3. The molecule has 1 saturated carbocycles. The number of urea groups is 1. The topological polar surface area (TPSA) is 104 Å². The number of nitrogens with zero attached hydrogens (tertiary/aromatic N) is 2. The van der Waals surface area contributed by atoms with Crippen LogP contribution < -0.4 is 5.32 Å². The second-order valence-corrected chi connectivity index (χ2v) is 9.90. The molecule has 0 unspecified atom stereocenters. The van der Waals surface area contributed by atoms with Crippen molar-refractivity contribution in [3.8, 4) is 0 Å². The lowest BCUT2D eigenvalue weighted by atomic mass is 9.73. The van der Waals surface area contributed by atoms with Gasteiger partial charge in [0.2, 0.25) is 5.91 Å². The van der Waals surface area contributed by atoms with Crippen LogP contribution in [0.2, 0.25) is 0 Å². The van der Waals surface area contributed by atoms with Crippen LogP contribution in [-0.4, -0.2) is 72.2 Å². The number of rotatable bonds is 4. The van der Waals surface area contributed by atoms with Gasteiger partial charge < -0.3 is 10.2 Å². The molecule has 1 aliphatic carbocycles. The van der Waals surface area contributed by atoms with Gasteiger partial charge in [0.05, 0.1) is 11.5 Å². The Morgan fingerprint density at radius 2 is 2.04 bits per heavy atom. The highest BCUT2D eigenvalue weighted by Gasteiger charge is 2.55. The minimum atomic E-state index is -3.12. The Morgan fingerprint density at radius 3 is 2.62 bits per heavy atom. The van der Waals surface area contributed by atoms with E-state index in [1.165, 1.54) is 4.90 Å². The zero-order chi connectivity index (χ0) is 19.1. The van der Waals surface area contributed by atoms with Crippen LogP contribution in [0.1, 0.15) is 46.0 Å². The molecular formula is C17H27N3O5S. The minimum absolute atomic E-state index is 0.0371. The normalized spacial score (nSPS) is 33.5. The van der Waals surface area contributed by atoms with Crippen molar-refractivity contribution in [2.45, 2.75) is 57.5 Å². The molecule has 4 amide bonds. The average Bonchev–Trinajstić information content (AvgIpc) is 3.04. The van der Waals surface area contributed by atoms with Crippen molar-refractivity contribution < 1.29 is 22.8 Å². The van der Waals surface area contributed by atoms with E-state index >= 15 is 0 Å². The summed E-state index contributed by atoms with van der Waals surface area (Å²) in [6, 6.07) is -0.895. The zero-order valence-corrected chi connectivity index (χ0v) is 16.2. The molecule has 0 aromatic rings. The summed E-state index contributed by atoms with van der Waals surface area (Å²) in [4.78, 5) is 40.6. The number of amides is 4. The van der Waals surface area contributed by atoms with Crippen LogP contribution in [0.5, 0.6) is 0 Å². The van der Waals surface area contributed by atoms with Crippen molar-refractivity contribution in [2.75, 3.05) is 24.6 Å². The SMILES string of the molecule is CCN(C(=O)CN1C(=O)N[C@@]2(CCCC[C@@H]2C)C1=O)[C@@H]1CCS(=O)(=O)C1. The van der Waals surface area contributed by atoms with E-state index in [1.807, 2.05) is 6.92 Å². The maximum Gasteiger partial charge on any atom is 0.325 e. The van der Waals surface area contributed by atoms with Crippen LogP contribution in [-0.2, 0) is 19.4 Å². The van der Waals surface area contributed by atoms with E-state index in [0.29, 0.717) is 19.4 Å². The monoisotopic (exact) mass is 385 g/mol. The van der Waals surface area contributed by atoms with Gasteiger partial charge in [-0.2, -0.15) is 0 Å². The van der Waals surface area contributed by atoms with Gasteiger partial charge in [0, 0.05) is 12.6 Å². The summed E-state index contributed by atoms with van der Waals surface area (Å²) in [5, 5.41) is 2.83. The smallest absolute Gasteiger partial charge is 0.325 e. The van der Waals surface area contributed by atoms with E-state index in [2.05, 4.69) is 5.32 Å². The third-order valence-corrected chi connectivity index (χ3v) is 7.86. The Hall–Kier alpha value is -1.64. The predicted molar refractivity (Wildman–Crippen MR) is 95.1 cm³/mol. The quantitative estimate of drug-likeness (QED) is 0.711. The number of nitrogens with one attached hydrogen (secondary N) is 1. The molecule has 0 aromatic carbocycles. The molecule has 0 radical (unpaired) electrons. The van der Waals surface area contributed by atoms with E-state index in [1.54, 1.807) is 6.92 Å². The number of likely N-dealkylation sites (N-methyl/N-ethyl adjacent to an activating group) is 1. The number of carbonyl (C=O) groups excluding carboxylic acids is 3. The lowest BCUT2D eigenvalue weighted by Gasteiger charge is -2.37. The van der Waals surface area contributed by atoms with Crippen molar-refractivity contribution in [2.24, 2.45) is 5.92 Å². The number of hydrogen-bond donors (Lipinski definition) is 1. The highest BCUT2D eigenvalue weighted by atomic mass is 32.2. The molecule has 1 spiro atoms. The lowest BCUT2D eigenvalue weighted by molar-refractivity contribution is -0.141. The standard InChI is InChI=1S/C17H27N3O5S/c1-3-19(13-7-9-26(24,25)11-13)14(21)10-20-15(22)17(18-16(20)23)8-5-4-6-12(17)2/h12-13H,3-11H2,1-2H3,(H,18,23)/t12-,13+,17+/m0/s1. The van der Waals surface area contributed by atoms with E-state index < -0.39 is 21.4 Å². The first-order chi connectivity index (χ1) is 12.2. The Bertz CT molecular complexity index is 722. The first-order valence-corrected chi connectivity index (χ1v) is 11.2. The first-order valence-electron chi connectivity index (χ1n) is 9.34. The molecule has 3 fully saturated rings. The van der Waals surface area contributed by atoms with Crippen LogP contribution in [0.3, 0.4) is 0 Å². The second-order valence-electron chi connectivity index (χ2n) is 7.68. The summed E-state index contributed by atoms with van der Waals surface area (Å²) in [6.07, 6.45) is 3.78. The second kappa shape index (κ2) is 6.83. The van der Waals surface area contributed by atoms with E-state index in [4.69, 9.17) is 0 Å². The van der Waals surface area contributed by atoms with Gasteiger partial charge in [-0.15, -0.1) is 0 Å². The molecule has 1 N–H and O–H groups in total. The molecule has 8 nitrogen and oxygen atoms in total. The molecule has 0 aromatic heterocycles. The van der Waals surface area contributed by atoms with Gasteiger partial charge in [0.25, 0.3) is 5.91 Å². The largest absolute Gasteiger partial charge is 0.337 e. The summed E-state index contributed by atoms with van der Waals surface area (Å²) in [6.45, 7) is 3.76. The van der Waals surface area contributed by atoms with Gasteiger partial charge in [-0.25, -0.2) is 13.2 Å². The summed E-state index contributed by atoms with van der Waals surface area (Å²) < 4.78 is 23.4. The molecule has 146 valence electrons. The van der Waals surface area contributed by atoms with E-state index in [9.17, 15) is 22.8 Å². The highest BCUT2D eigenvalue weighted by molar-refractivity contribution is 7.91. The molecule has 3 aliphatic rings. The fourth-order valence-corrected chi connectivity index (χ4v) is 6.26. The Morgan fingerprint density at radius 1 is 1.31 bits per heavy atom. The maximum atomic E-state index is 12.9. The molecule has 0 bridgehead atoms. The summed E-state index contributed by atoms with van der Waals surface area (Å²) in [5.41, 5.74) is -0.886. The molecule has 2 aliphatic heterocycles. The van der Waals surface area contributed by atoms with Gasteiger partial charge in [0.1, 0.15) is 12.1 Å². The van der Waals surface area contributed by atoms with Gasteiger partial charge in [0.15, 0.2) is 9.84 Å². The van der Waals surface area contributed by atoms with Crippen LogP contribution in [0.4, 0.5) is 4.79 Å². The van der Waals surface area contributed by atoms with Crippen molar-refractivity contribution >= 4 is 27.7 Å². The molecule has 26 heavy (non-hydrogen) atoms. The van der Waals surface area contributed by atoms with Crippen LogP contribution >= 0.6 is 0 Å². The minimum Gasteiger partial charge on any atom is -0.337 e. The Labute approximate surface area is 154 Å². The van der Waals surface area contributed by atoms with Crippen LogP contribution in [0.15, 0.2) is 0 Å².